The number of hydrogen-bond donors (Lipinski definition) is 1. The predicted molar refractivity (Wildman–Crippen MR) is 76.5 cm³/mol. The molecule has 1 aromatic carbocycles. The normalized spacial score (nSPS) is 15.7. The van der Waals surface area contributed by atoms with E-state index in [1.807, 2.05) is 24.3 Å². The second kappa shape index (κ2) is 5.04. The van der Waals surface area contributed by atoms with Gasteiger partial charge in [0.2, 0.25) is 0 Å². The highest BCUT2D eigenvalue weighted by atomic mass is 35.5. The molecule has 0 radical (unpaired) electrons. The third-order valence-corrected chi connectivity index (χ3v) is 5.17. The van der Waals surface area contributed by atoms with Crippen LogP contribution < -0.4 is 0 Å². The van der Waals surface area contributed by atoms with Crippen LogP contribution in [0.2, 0.25) is 5.02 Å². The maximum atomic E-state index is 10.3. The van der Waals surface area contributed by atoms with Gasteiger partial charge in [-0.15, -0.1) is 11.3 Å². The Bertz CT molecular complexity index is 540. The van der Waals surface area contributed by atoms with Crippen molar-refractivity contribution in [2.24, 2.45) is 0 Å². The van der Waals surface area contributed by atoms with E-state index in [2.05, 4.69) is 6.07 Å². The molecule has 0 bridgehead atoms. The first-order chi connectivity index (χ1) is 8.74. The van der Waals surface area contributed by atoms with Crippen molar-refractivity contribution in [1.82, 2.24) is 0 Å². The lowest BCUT2D eigenvalue weighted by atomic mass is 10.1. The van der Waals surface area contributed by atoms with Gasteiger partial charge >= 0.3 is 0 Å². The number of thiophene rings is 1. The topological polar surface area (TPSA) is 20.2 Å². The van der Waals surface area contributed by atoms with Gasteiger partial charge < -0.3 is 5.11 Å². The average Bonchev–Trinajstić information content (AvgIpc) is 2.92. The summed E-state index contributed by atoms with van der Waals surface area (Å²) in [5.41, 5.74) is 2.45. The third kappa shape index (κ3) is 2.33. The van der Waals surface area contributed by atoms with Gasteiger partial charge in [0, 0.05) is 21.2 Å². The van der Waals surface area contributed by atoms with Crippen LogP contribution in [-0.4, -0.2) is 5.11 Å². The summed E-state index contributed by atoms with van der Waals surface area (Å²) in [4.78, 5) is 2.54. The quantitative estimate of drug-likeness (QED) is 0.894. The lowest BCUT2D eigenvalue weighted by Crippen LogP contribution is -2.00. The highest BCUT2D eigenvalue weighted by Gasteiger charge is 2.19. The van der Waals surface area contributed by atoms with E-state index in [0.717, 1.165) is 15.5 Å². The first kappa shape index (κ1) is 12.2. The Morgan fingerprint density at radius 2 is 2.11 bits per heavy atom. The lowest BCUT2D eigenvalue weighted by molar-refractivity contribution is 0.182. The molecule has 0 saturated carbocycles. The van der Waals surface area contributed by atoms with Gasteiger partial charge in [0.05, 0.1) is 6.10 Å². The first-order valence-electron chi connectivity index (χ1n) is 6.27. The monoisotopic (exact) mass is 278 g/mol. The standard InChI is InChI=1S/C15H15ClOS/c16-12-6-2-1-4-10(12)8-13(17)15-9-11-5-3-7-14(11)18-15/h1-2,4,6,9,13,17H,3,5,7-8H2. The van der Waals surface area contributed by atoms with Crippen LogP contribution in [0.15, 0.2) is 30.3 Å². The van der Waals surface area contributed by atoms with Crippen molar-refractivity contribution in [1.29, 1.82) is 0 Å². The Morgan fingerprint density at radius 1 is 1.28 bits per heavy atom. The SMILES string of the molecule is OC(Cc1ccccc1Cl)c1cc2c(s1)CCC2. The van der Waals surface area contributed by atoms with Crippen LogP contribution in [0.1, 0.15) is 33.4 Å². The van der Waals surface area contributed by atoms with Crippen molar-refractivity contribution in [3.05, 3.63) is 56.2 Å². The summed E-state index contributed by atoms with van der Waals surface area (Å²) < 4.78 is 0. The minimum atomic E-state index is -0.430. The van der Waals surface area contributed by atoms with E-state index in [4.69, 9.17) is 11.6 Å². The predicted octanol–water partition coefficient (Wildman–Crippen LogP) is 4.17. The molecule has 1 aromatic heterocycles. The Balaban J connectivity index is 1.78. The molecule has 1 unspecified atom stereocenters. The highest BCUT2D eigenvalue weighted by Crippen LogP contribution is 2.35. The summed E-state index contributed by atoms with van der Waals surface area (Å²) in [6.07, 6.45) is 3.78. The number of aliphatic hydroxyl groups excluding tert-OH is 1. The number of hydrogen-bond acceptors (Lipinski definition) is 2. The van der Waals surface area contributed by atoms with Crippen LogP contribution in [0.5, 0.6) is 0 Å². The zero-order chi connectivity index (χ0) is 12.5. The molecule has 18 heavy (non-hydrogen) atoms. The first-order valence-corrected chi connectivity index (χ1v) is 7.46. The van der Waals surface area contributed by atoms with Crippen LogP contribution >= 0.6 is 22.9 Å². The lowest BCUT2D eigenvalue weighted by Gasteiger charge is -2.10. The number of fused-ring (bicyclic) bond motifs is 1. The summed E-state index contributed by atoms with van der Waals surface area (Å²) >= 11 is 7.89. The summed E-state index contributed by atoms with van der Waals surface area (Å²) in [7, 11) is 0. The fraction of sp³-hybridized carbons (Fsp3) is 0.333. The van der Waals surface area contributed by atoms with Gasteiger partial charge in [-0.25, -0.2) is 0 Å². The van der Waals surface area contributed by atoms with Gasteiger partial charge in [0.15, 0.2) is 0 Å². The van der Waals surface area contributed by atoms with E-state index in [9.17, 15) is 5.11 Å². The second-order valence-corrected chi connectivity index (χ2v) is 6.34. The zero-order valence-electron chi connectivity index (χ0n) is 10.0. The van der Waals surface area contributed by atoms with Crippen molar-refractivity contribution < 1.29 is 5.11 Å². The molecule has 1 aliphatic carbocycles. The molecule has 0 spiro atoms. The van der Waals surface area contributed by atoms with Gasteiger partial charge in [-0.1, -0.05) is 29.8 Å². The number of benzene rings is 1. The van der Waals surface area contributed by atoms with Crippen molar-refractivity contribution in [2.45, 2.75) is 31.8 Å². The molecule has 2 aromatic rings. The third-order valence-electron chi connectivity index (χ3n) is 3.47. The van der Waals surface area contributed by atoms with Crippen molar-refractivity contribution in [3.8, 4) is 0 Å². The maximum absolute atomic E-state index is 10.3. The summed E-state index contributed by atoms with van der Waals surface area (Å²) in [5.74, 6) is 0. The smallest absolute Gasteiger partial charge is 0.0922 e. The summed E-state index contributed by atoms with van der Waals surface area (Å²) in [6, 6.07) is 9.90. The summed E-state index contributed by atoms with van der Waals surface area (Å²) in [6.45, 7) is 0. The molecular weight excluding hydrogens is 264 g/mol. The van der Waals surface area contributed by atoms with Gasteiger partial charge in [0.25, 0.3) is 0 Å². The van der Waals surface area contributed by atoms with Crippen LogP contribution in [-0.2, 0) is 19.3 Å². The van der Waals surface area contributed by atoms with E-state index in [-0.39, 0.29) is 0 Å². The van der Waals surface area contributed by atoms with E-state index in [1.54, 1.807) is 11.3 Å². The molecule has 3 heteroatoms. The number of aryl methyl sites for hydroxylation is 2. The van der Waals surface area contributed by atoms with Gasteiger partial charge in [-0.3, -0.25) is 0 Å². The minimum absolute atomic E-state index is 0.430. The van der Waals surface area contributed by atoms with E-state index >= 15 is 0 Å². The van der Waals surface area contributed by atoms with Gasteiger partial charge in [-0.2, -0.15) is 0 Å². The number of rotatable bonds is 3. The van der Waals surface area contributed by atoms with Crippen molar-refractivity contribution in [2.75, 3.05) is 0 Å². The second-order valence-electron chi connectivity index (χ2n) is 4.76. The zero-order valence-corrected chi connectivity index (χ0v) is 11.6. The molecule has 0 amide bonds. The molecule has 1 nitrogen and oxygen atoms in total. The molecule has 0 aliphatic heterocycles. The largest absolute Gasteiger partial charge is 0.387 e. The molecule has 1 N–H and O–H groups in total. The molecule has 0 saturated heterocycles. The van der Waals surface area contributed by atoms with Crippen LogP contribution in [0.4, 0.5) is 0 Å². The Morgan fingerprint density at radius 3 is 2.89 bits per heavy atom. The Labute approximate surface area is 116 Å². The molecule has 1 aliphatic rings. The highest BCUT2D eigenvalue weighted by molar-refractivity contribution is 7.12. The molecule has 3 rings (SSSR count). The van der Waals surface area contributed by atoms with Crippen LogP contribution in [0.25, 0.3) is 0 Å². The molecular formula is C15H15ClOS. The van der Waals surface area contributed by atoms with Gasteiger partial charge in [0.1, 0.15) is 0 Å². The molecule has 1 atom stereocenters. The summed E-state index contributed by atoms with van der Waals surface area (Å²) in [5, 5.41) is 11.0. The van der Waals surface area contributed by atoms with Crippen LogP contribution in [0.3, 0.4) is 0 Å². The molecule has 94 valence electrons. The fourth-order valence-corrected chi connectivity index (χ4v) is 3.95. The van der Waals surface area contributed by atoms with E-state index in [1.165, 1.54) is 29.7 Å². The average molecular weight is 279 g/mol. The fourth-order valence-electron chi connectivity index (χ4n) is 2.49. The minimum Gasteiger partial charge on any atom is -0.387 e. The number of halogens is 1. The van der Waals surface area contributed by atoms with Crippen molar-refractivity contribution >= 4 is 22.9 Å². The van der Waals surface area contributed by atoms with Crippen LogP contribution in [0, 0.1) is 0 Å². The van der Waals surface area contributed by atoms with Gasteiger partial charge in [-0.05, 0) is 42.5 Å². The number of aliphatic hydroxyl groups is 1. The Hall–Kier alpha value is -0.830. The van der Waals surface area contributed by atoms with Crippen molar-refractivity contribution in [3.63, 3.8) is 0 Å². The van der Waals surface area contributed by atoms with E-state index in [0.29, 0.717) is 6.42 Å². The molecule has 1 heterocycles. The molecule has 0 fully saturated rings. The Kier molecular flexibility index (Phi) is 3.42. The van der Waals surface area contributed by atoms with E-state index < -0.39 is 6.10 Å². The maximum Gasteiger partial charge on any atom is 0.0922 e.